The lowest BCUT2D eigenvalue weighted by Crippen LogP contribution is -2.37. The fourth-order valence-electron chi connectivity index (χ4n) is 3.33. The van der Waals surface area contributed by atoms with Crippen molar-refractivity contribution in [1.29, 1.82) is 0 Å². The zero-order chi connectivity index (χ0) is 14.3. The van der Waals surface area contributed by atoms with Crippen LogP contribution in [0.1, 0.15) is 24.8 Å². The van der Waals surface area contributed by atoms with Crippen molar-refractivity contribution in [2.24, 2.45) is 5.92 Å². The minimum Gasteiger partial charge on any atom is -0.316 e. The monoisotopic (exact) mass is 314 g/mol. The molecule has 4 nitrogen and oxygen atoms in total. The topological polar surface area (TPSA) is 49.4 Å². The third-order valence-electron chi connectivity index (χ3n) is 4.36. The Morgan fingerprint density at radius 3 is 2.75 bits per heavy atom. The Hall–Kier alpha value is -0.620. The second kappa shape index (κ2) is 5.30. The Balaban J connectivity index is 1.90. The number of fused-ring (bicyclic) bond motifs is 2. The zero-order valence-corrected chi connectivity index (χ0v) is 13.0. The fourth-order valence-corrected chi connectivity index (χ4v) is 5.41. The van der Waals surface area contributed by atoms with E-state index in [4.69, 9.17) is 11.6 Å². The number of rotatable bonds is 4. The van der Waals surface area contributed by atoms with Gasteiger partial charge in [0.2, 0.25) is 10.0 Å². The van der Waals surface area contributed by atoms with Gasteiger partial charge in [0, 0.05) is 24.2 Å². The third-order valence-corrected chi connectivity index (χ3v) is 6.62. The Bertz CT molecular complexity index is 618. The van der Waals surface area contributed by atoms with Gasteiger partial charge in [-0.05, 0) is 49.9 Å². The summed E-state index contributed by atoms with van der Waals surface area (Å²) in [5.41, 5.74) is 0.913. The molecule has 2 atom stereocenters. The predicted molar refractivity (Wildman–Crippen MR) is 79.2 cm³/mol. The van der Waals surface area contributed by atoms with Crippen molar-refractivity contribution in [3.05, 3.63) is 28.8 Å². The maximum Gasteiger partial charge on any atom is 0.243 e. The molecule has 3 rings (SSSR count). The van der Waals surface area contributed by atoms with Crippen molar-refractivity contribution < 1.29 is 8.42 Å². The summed E-state index contributed by atoms with van der Waals surface area (Å²) in [5.74, 6) is 0.550. The molecule has 20 heavy (non-hydrogen) atoms. The fraction of sp³-hybridized carbons (Fsp3) is 0.571. The van der Waals surface area contributed by atoms with Gasteiger partial charge >= 0.3 is 0 Å². The molecule has 1 aliphatic carbocycles. The number of hydrogen-bond acceptors (Lipinski definition) is 3. The average molecular weight is 315 g/mol. The Kier molecular flexibility index (Phi) is 3.79. The molecule has 2 aliphatic rings. The second-order valence-electron chi connectivity index (χ2n) is 5.69. The van der Waals surface area contributed by atoms with Gasteiger partial charge in [0.25, 0.3) is 0 Å². The summed E-state index contributed by atoms with van der Waals surface area (Å²) in [6.45, 7) is 1.30. The summed E-state index contributed by atoms with van der Waals surface area (Å²) in [6.07, 6.45) is 3.18. The summed E-state index contributed by atoms with van der Waals surface area (Å²) in [4.78, 5) is 0.315. The molecule has 2 unspecified atom stereocenters. The van der Waals surface area contributed by atoms with Crippen LogP contribution in [0.4, 0.5) is 0 Å². The first kappa shape index (κ1) is 14.3. The van der Waals surface area contributed by atoms with Crippen LogP contribution in [-0.4, -0.2) is 32.4 Å². The van der Waals surface area contributed by atoms with Crippen molar-refractivity contribution in [3.63, 3.8) is 0 Å². The van der Waals surface area contributed by atoms with E-state index in [2.05, 4.69) is 5.32 Å². The maximum absolute atomic E-state index is 12.7. The van der Waals surface area contributed by atoms with Crippen LogP contribution in [0.5, 0.6) is 0 Å². The Morgan fingerprint density at radius 1 is 1.40 bits per heavy atom. The number of piperidine rings is 1. The van der Waals surface area contributed by atoms with Crippen molar-refractivity contribution >= 4 is 21.6 Å². The van der Waals surface area contributed by atoms with Crippen LogP contribution in [0.2, 0.25) is 5.02 Å². The van der Waals surface area contributed by atoms with Crippen LogP contribution in [0, 0.1) is 5.92 Å². The number of benzene rings is 1. The van der Waals surface area contributed by atoms with E-state index in [0.717, 1.165) is 18.4 Å². The number of hydrogen-bond donors (Lipinski definition) is 1. The zero-order valence-electron chi connectivity index (χ0n) is 11.5. The first-order valence-corrected chi connectivity index (χ1v) is 8.79. The minimum absolute atomic E-state index is 0.195. The molecule has 110 valence electrons. The van der Waals surface area contributed by atoms with E-state index in [1.807, 2.05) is 7.05 Å². The normalized spacial score (nSPS) is 26.3. The van der Waals surface area contributed by atoms with Gasteiger partial charge in [0.05, 0.1) is 4.90 Å². The average Bonchev–Trinajstić information content (AvgIpc) is 3.04. The van der Waals surface area contributed by atoms with E-state index in [-0.39, 0.29) is 6.04 Å². The quantitative estimate of drug-likeness (QED) is 0.927. The van der Waals surface area contributed by atoms with Crippen LogP contribution in [0.25, 0.3) is 0 Å². The highest BCUT2D eigenvalue weighted by Crippen LogP contribution is 2.40. The lowest BCUT2D eigenvalue weighted by molar-refractivity contribution is 0.333. The largest absolute Gasteiger partial charge is 0.316 e. The van der Waals surface area contributed by atoms with Gasteiger partial charge in [-0.2, -0.15) is 4.31 Å². The van der Waals surface area contributed by atoms with Gasteiger partial charge in [-0.15, -0.1) is 0 Å². The van der Waals surface area contributed by atoms with Crippen molar-refractivity contribution in [2.75, 3.05) is 13.6 Å². The predicted octanol–water partition coefficient (Wildman–Crippen LogP) is 2.23. The number of halogens is 1. The standard InChI is InChI=1S/C14H19ClN2O2S/c1-16-8-11-3-5-13(7-14(11)15)20(18,19)17-9-10-2-4-12(17)6-10/h3,5,7,10,12,16H,2,4,6,8-9H2,1H3. The summed E-state index contributed by atoms with van der Waals surface area (Å²) in [5, 5.41) is 3.52. The molecule has 0 amide bonds. The lowest BCUT2D eigenvalue weighted by Gasteiger charge is -2.26. The molecule has 1 aromatic rings. The molecule has 0 radical (unpaired) electrons. The van der Waals surface area contributed by atoms with Gasteiger partial charge in [0.1, 0.15) is 0 Å². The lowest BCUT2D eigenvalue weighted by atomic mass is 10.1. The molecule has 1 aliphatic heterocycles. The molecule has 1 N–H and O–H groups in total. The first-order valence-electron chi connectivity index (χ1n) is 6.97. The van der Waals surface area contributed by atoms with E-state index < -0.39 is 10.0 Å². The van der Waals surface area contributed by atoms with E-state index in [0.29, 0.717) is 28.9 Å². The molecule has 2 fully saturated rings. The highest BCUT2D eigenvalue weighted by Gasteiger charge is 2.44. The molecule has 1 saturated heterocycles. The van der Waals surface area contributed by atoms with E-state index in [1.165, 1.54) is 6.42 Å². The third kappa shape index (κ3) is 2.37. The number of sulfonamides is 1. The summed E-state index contributed by atoms with van der Waals surface area (Å²) >= 11 is 6.18. The molecular formula is C14H19ClN2O2S. The molecule has 1 aromatic carbocycles. The van der Waals surface area contributed by atoms with Gasteiger partial charge in [-0.1, -0.05) is 17.7 Å². The summed E-state index contributed by atoms with van der Waals surface area (Å²) in [7, 11) is -1.56. The van der Waals surface area contributed by atoms with Crippen LogP contribution in [-0.2, 0) is 16.6 Å². The van der Waals surface area contributed by atoms with E-state index in [1.54, 1.807) is 22.5 Å². The second-order valence-corrected chi connectivity index (χ2v) is 7.99. The Labute approximate surface area is 125 Å². The van der Waals surface area contributed by atoms with Crippen LogP contribution >= 0.6 is 11.6 Å². The van der Waals surface area contributed by atoms with Gasteiger partial charge in [-0.3, -0.25) is 0 Å². The smallest absolute Gasteiger partial charge is 0.243 e. The number of nitrogens with zero attached hydrogens (tertiary/aromatic N) is 1. The van der Waals surface area contributed by atoms with Gasteiger partial charge in [0.15, 0.2) is 0 Å². The molecule has 1 saturated carbocycles. The van der Waals surface area contributed by atoms with E-state index >= 15 is 0 Å². The Morgan fingerprint density at radius 2 is 2.20 bits per heavy atom. The molecule has 0 aromatic heterocycles. The van der Waals surface area contributed by atoms with Crippen molar-refractivity contribution in [3.8, 4) is 0 Å². The summed E-state index contributed by atoms with van der Waals surface area (Å²) in [6, 6.07) is 5.23. The maximum atomic E-state index is 12.7. The summed E-state index contributed by atoms with van der Waals surface area (Å²) < 4.78 is 27.1. The van der Waals surface area contributed by atoms with E-state index in [9.17, 15) is 8.42 Å². The molecule has 0 spiro atoms. The van der Waals surface area contributed by atoms with Crippen LogP contribution in [0.3, 0.4) is 0 Å². The molecule has 1 heterocycles. The minimum atomic E-state index is -3.40. The first-order chi connectivity index (χ1) is 9.52. The number of nitrogens with one attached hydrogen (secondary N) is 1. The SMILES string of the molecule is CNCc1ccc(S(=O)(=O)N2CC3CCC2C3)cc1Cl. The van der Waals surface area contributed by atoms with Crippen molar-refractivity contribution in [1.82, 2.24) is 9.62 Å². The highest BCUT2D eigenvalue weighted by atomic mass is 35.5. The molecular weight excluding hydrogens is 296 g/mol. The van der Waals surface area contributed by atoms with Crippen LogP contribution in [0.15, 0.2) is 23.1 Å². The molecule has 6 heteroatoms. The van der Waals surface area contributed by atoms with Crippen molar-refractivity contribution in [2.45, 2.75) is 36.7 Å². The van der Waals surface area contributed by atoms with Crippen LogP contribution < -0.4 is 5.32 Å². The highest BCUT2D eigenvalue weighted by molar-refractivity contribution is 7.89. The van der Waals surface area contributed by atoms with Gasteiger partial charge < -0.3 is 5.32 Å². The van der Waals surface area contributed by atoms with Gasteiger partial charge in [-0.25, -0.2) is 8.42 Å². The molecule has 2 bridgehead atoms.